The number of hydrogen-bond donors (Lipinski definition) is 0. The van der Waals surface area contributed by atoms with Gasteiger partial charge in [0.2, 0.25) is 5.89 Å². The van der Waals surface area contributed by atoms with Crippen LogP contribution < -0.4 is 0 Å². The topological polar surface area (TPSA) is 59.2 Å². The minimum absolute atomic E-state index is 0.0675. The number of thiophene rings is 1. The fourth-order valence-corrected chi connectivity index (χ4v) is 4.32. The molecule has 5 nitrogen and oxygen atoms in total. The van der Waals surface area contributed by atoms with Crippen molar-refractivity contribution in [1.29, 1.82) is 0 Å². The molecule has 0 saturated carbocycles. The van der Waals surface area contributed by atoms with Gasteiger partial charge in [-0.15, -0.1) is 11.3 Å². The molecular weight excluding hydrogens is 358 g/mol. The highest BCUT2D eigenvalue weighted by molar-refractivity contribution is 7.12. The van der Waals surface area contributed by atoms with Gasteiger partial charge in [0.05, 0.1) is 11.4 Å². The Labute approximate surface area is 163 Å². The summed E-state index contributed by atoms with van der Waals surface area (Å²) in [6.45, 7) is 2.35. The molecule has 6 heteroatoms. The van der Waals surface area contributed by atoms with Crippen molar-refractivity contribution in [2.45, 2.75) is 32.2 Å². The van der Waals surface area contributed by atoms with Crippen LogP contribution in [0.2, 0.25) is 0 Å². The number of carbonyl (C=O) groups excluding carboxylic acids is 1. The van der Waals surface area contributed by atoms with Crippen molar-refractivity contribution in [3.8, 4) is 0 Å². The van der Waals surface area contributed by atoms with Crippen molar-refractivity contribution in [2.75, 3.05) is 13.1 Å². The molecule has 1 aliphatic heterocycles. The first-order valence-corrected chi connectivity index (χ1v) is 10.3. The molecule has 27 heavy (non-hydrogen) atoms. The molecule has 0 aliphatic carbocycles. The minimum Gasteiger partial charge on any atom is -0.338 e. The minimum atomic E-state index is 0.0675. The van der Waals surface area contributed by atoms with Crippen molar-refractivity contribution < 1.29 is 9.32 Å². The van der Waals surface area contributed by atoms with E-state index in [1.54, 1.807) is 0 Å². The van der Waals surface area contributed by atoms with E-state index in [-0.39, 0.29) is 11.7 Å². The zero-order chi connectivity index (χ0) is 18.5. The number of rotatable bonds is 7. The zero-order valence-corrected chi connectivity index (χ0v) is 16.0. The smallest absolute Gasteiger partial charge is 0.240 e. The number of carbonyl (C=O) groups is 1. The first-order valence-electron chi connectivity index (χ1n) is 9.43. The Hall–Kier alpha value is -2.31. The van der Waals surface area contributed by atoms with Gasteiger partial charge in [-0.2, -0.15) is 4.98 Å². The van der Waals surface area contributed by atoms with Gasteiger partial charge in [-0.25, -0.2) is 0 Å². The maximum Gasteiger partial charge on any atom is 0.240 e. The Bertz CT molecular complexity index is 861. The van der Waals surface area contributed by atoms with Crippen LogP contribution in [0, 0.1) is 5.92 Å². The molecule has 4 rings (SSSR count). The highest BCUT2D eigenvalue weighted by atomic mass is 32.1. The Balaban J connectivity index is 1.31. The second-order valence-corrected chi connectivity index (χ2v) is 7.95. The molecule has 1 aromatic carbocycles. The summed E-state index contributed by atoms with van der Waals surface area (Å²) in [6.07, 6.45) is 3.66. The monoisotopic (exact) mass is 381 g/mol. The maximum absolute atomic E-state index is 12.6. The summed E-state index contributed by atoms with van der Waals surface area (Å²) in [4.78, 5) is 20.3. The Morgan fingerprint density at radius 2 is 2.07 bits per heavy atom. The van der Waals surface area contributed by atoms with E-state index in [4.69, 9.17) is 4.52 Å². The van der Waals surface area contributed by atoms with Gasteiger partial charge >= 0.3 is 0 Å². The average Bonchev–Trinajstić information content (AvgIpc) is 3.39. The normalized spacial score (nSPS) is 17.9. The van der Waals surface area contributed by atoms with Crippen molar-refractivity contribution in [3.63, 3.8) is 0 Å². The number of Topliss-reactive ketones (excluding diaryl/α,β-unsaturated/α-hetero) is 1. The molecule has 0 amide bonds. The lowest BCUT2D eigenvalue weighted by molar-refractivity contribution is 0.0801. The molecule has 1 aliphatic rings. The number of aromatic nitrogens is 2. The summed E-state index contributed by atoms with van der Waals surface area (Å²) in [7, 11) is 0. The van der Waals surface area contributed by atoms with Gasteiger partial charge in [-0.1, -0.05) is 41.6 Å². The predicted octanol–water partition coefficient (Wildman–Crippen LogP) is 4.01. The number of nitrogens with zero attached hydrogens (tertiary/aromatic N) is 3. The number of piperidine rings is 1. The van der Waals surface area contributed by atoms with Gasteiger partial charge in [0, 0.05) is 18.9 Å². The van der Waals surface area contributed by atoms with Gasteiger partial charge < -0.3 is 4.52 Å². The van der Waals surface area contributed by atoms with Crippen LogP contribution in [-0.4, -0.2) is 33.9 Å². The van der Waals surface area contributed by atoms with Crippen LogP contribution >= 0.6 is 11.3 Å². The molecular formula is C21H23N3O2S. The predicted molar refractivity (Wildman–Crippen MR) is 105 cm³/mol. The Morgan fingerprint density at radius 1 is 1.19 bits per heavy atom. The summed E-state index contributed by atoms with van der Waals surface area (Å²) in [6, 6.07) is 14.2. The Morgan fingerprint density at radius 3 is 2.89 bits per heavy atom. The lowest BCUT2D eigenvalue weighted by atomic mass is 9.93. The third-order valence-corrected chi connectivity index (χ3v) is 5.87. The Kier molecular flexibility index (Phi) is 5.75. The van der Waals surface area contributed by atoms with E-state index in [1.807, 2.05) is 35.7 Å². The third-order valence-electron chi connectivity index (χ3n) is 4.99. The largest absolute Gasteiger partial charge is 0.338 e. The lowest BCUT2D eigenvalue weighted by Crippen LogP contribution is -2.38. The summed E-state index contributed by atoms with van der Waals surface area (Å²) in [5.74, 6) is 1.72. The molecule has 0 radical (unpaired) electrons. The van der Waals surface area contributed by atoms with Gasteiger partial charge in [0.1, 0.15) is 0 Å². The number of ketones is 1. The van der Waals surface area contributed by atoms with Crippen molar-refractivity contribution in [3.05, 3.63) is 70.0 Å². The number of benzene rings is 1. The maximum atomic E-state index is 12.6. The third kappa shape index (κ3) is 4.70. The second-order valence-electron chi connectivity index (χ2n) is 7.01. The highest BCUT2D eigenvalue weighted by Gasteiger charge is 2.28. The highest BCUT2D eigenvalue weighted by Crippen LogP contribution is 2.24. The molecule has 0 unspecified atom stereocenters. The van der Waals surface area contributed by atoms with E-state index in [0.29, 0.717) is 12.4 Å². The SMILES string of the molecule is O=C(c1cccs1)[C@@H]1CCCN(Cc2nc(CCc3ccccc3)no2)C1. The van der Waals surface area contributed by atoms with Crippen LogP contribution in [0.5, 0.6) is 0 Å². The fourth-order valence-electron chi connectivity index (χ4n) is 3.58. The van der Waals surface area contributed by atoms with E-state index in [0.717, 1.165) is 49.5 Å². The summed E-state index contributed by atoms with van der Waals surface area (Å²) < 4.78 is 5.44. The zero-order valence-electron chi connectivity index (χ0n) is 15.2. The van der Waals surface area contributed by atoms with Crippen LogP contribution in [-0.2, 0) is 19.4 Å². The second kappa shape index (κ2) is 8.59. The van der Waals surface area contributed by atoms with Crippen LogP contribution in [0.4, 0.5) is 0 Å². The number of hydrogen-bond acceptors (Lipinski definition) is 6. The van der Waals surface area contributed by atoms with Crippen molar-refractivity contribution >= 4 is 17.1 Å². The van der Waals surface area contributed by atoms with Crippen molar-refractivity contribution in [2.24, 2.45) is 5.92 Å². The van der Waals surface area contributed by atoms with Crippen LogP contribution in [0.3, 0.4) is 0 Å². The van der Waals surface area contributed by atoms with Gasteiger partial charge in [-0.3, -0.25) is 9.69 Å². The molecule has 1 fully saturated rings. The molecule has 3 aromatic rings. The molecule has 1 atom stereocenters. The molecule has 140 valence electrons. The van der Waals surface area contributed by atoms with E-state index in [1.165, 1.54) is 16.9 Å². The van der Waals surface area contributed by atoms with E-state index in [2.05, 4.69) is 27.2 Å². The molecule has 0 bridgehead atoms. The van der Waals surface area contributed by atoms with Crippen LogP contribution in [0.25, 0.3) is 0 Å². The summed E-state index contributed by atoms with van der Waals surface area (Å²) >= 11 is 1.53. The van der Waals surface area contributed by atoms with Crippen LogP contribution in [0.15, 0.2) is 52.4 Å². The first kappa shape index (κ1) is 18.1. The van der Waals surface area contributed by atoms with E-state index in [9.17, 15) is 4.79 Å². The standard InChI is InChI=1S/C21H23N3O2S/c25-21(18-9-5-13-27-18)17-8-4-12-24(14-17)15-20-22-19(23-26-20)11-10-16-6-2-1-3-7-16/h1-3,5-7,9,13,17H,4,8,10-12,14-15H2/t17-/m1/s1. The molecule has 0 N–H and O–H groups in total. The van der Waals surface area contributed by atoms with Gasteiger partial charge in [-0.05, 0) is 42.8 Å². The van der Waals surface area contributed by atoms with E-state index >= 15 is 0 Å². The number of likely N-dealkylation sites (tertiary alicyclic amines) is 1. The molecule has 0 spiro atoms. The van der Waals surface area contributed by atoms with Crippen LogP contribution in [0.1, 0.15) is 39.8 Å². The molecule has 3 heterocycles. The summed E-state index contributed by atoms with van der Waals surface area (Å²) in [5, 5.41) is 6.08. The molecule has 2 aromatic heterocycles. The van der Waals surface area contributed by atoms with Crippen molar-refractivity contribution in [1.82, 2.24) is 15.0 Å². The quantitative estimate of drug-likeness (QED) is 0.579. The van der Waals surface area contributed by atoms with Gasteiger partial charge in [0.15, 0.2) is 11.6 Å². The number of aryl methyl sites for hydroxylation is 2. The van der Waals surface area contributed by atoms with Gasteiger partial charge in [0.25, 0.3) is 0 Å². The lowest BCUT2D eigenvalue weighted by Gasteiger charge is -2.30. The summed E-state index contributed by atoms with van der Waals surface area (Å²) in [5.41, 5.74) is 1.27. The van der Waals surface area contributed by atoms with E-state index < -0.39 is 0 Å². The molecule has 1 saturated heterocycles. The average molecular weight is 382 g/mol. The first-order chi connectivity index (χ1) is 13.3. The fraction of sp³-hybridized carbons (Fsp3) is 0.381.